The van der Waals surface area contributed by atoms with Crippen LogP contribution in [-0.4, -0.2) is 41.4 Å². The first kappa shape index (κ1) is 14.7. The Hall–Kier alpha value is -1.20. The van der Waals surface area contributed by atoms with Crippen LogP contribution >= 0.6 is 11.3 Å². The summed E-state index contributed by atoms with van der Waals surface area (Å²) in [6.45, 7) is 0.0167. The van der Waals surface area contributed by atoms with Gasteiger partial charge in [-0.3, -0.25) is 4.79 Å². The number of aliphatic carboxylic acids is 1. The van der Waals surface area contributed by atoms with E-state index < -0.39 is 38.2 Å². The topological polar surface area (TPSA) is 87.6 Å². The molecule has 3 atom stereocenters. The molecule has 0 unspecified atom stereocenters. The van der Waals surface area contributed by atoms with E-state index in [1.807, 2.05) is 0 Å². The maximum atomic E-state index is 12.5. The highest BCUT2D eigenvalue weighted by molar-refractivity contribution is 7.89. The lowest BCUT2D eigenvalue weighted by molar-refractivity contribution is -0.141. The molecule has 0 amide bonds. The summed E-state index contributed by atoms with van der Waals surface area (Å²) in [5, 5.41) is 7.90. The molecule has 2 heterocycles. The molecule has 1 saturated heterocycles. The smallest absolute Gasteiger partial charge is 0.443 e. The monoisotopic (exact) mass is 342 g/mol. The number of halogens is 3. The Morgan fingerprint density at radius 3 is 2.67 bits per heavy atom. The quantitative estimate of drug-likeness (QED) is 0.893. The highest BCUT2D eigenvalue weighted by Gasteiger charge is 2.59. The molecule has 0 aromatic carbocycles. The Labute approximate surface area is 121 Å². The molecule has 1 aromatic heterocycles. The summed E-state index contributed by atoms with van der Waals surface area (Å²) in [6, 6.07) is -1.21. The molecule has 1 saturated carbocycles. The van der Waals surface area contributed by atoms with E-state index in [-0.39, 0.29) is 29.7 Å². The van der Waals surface area contributed by atoms with Gasteiger partial charge in [-0.25, -0.2) is 13.4 Å². The summed E-state index contributed by atoms with van der Waals surface area (Å²) < 4.78 is 62.8. The number of carboxylic acids is 1. The lowest BCUT2D eigenvalue weighted by Gasteiger charge is -2.22. The maximum absolute atomic E-state index is 12.5. The number of nitrogens with zero attached hydrogens (tertiary/aromatic N) is 2. The number of sulfonamides is 1. The van der Waals surface area contributed by atoms with E-state index in [4.69, 9.17) is 5.11 Å². The number of thiazole rings is 1. The maximum Gasteiger partial charge on any atom is 0.443 e. The summed E-state index contributed by atoms with van der Waals surface area (Å²) in [5.74, 6) is -1.56. The van der Waals surface area contributed by atoms with Gasteiger partial charge in [-0.15, -0.1) is 11.3 Å². The standard InChI is InChI=1S/C10H9F3N2O4S2/c11-10(12,13)9-14-6(3-20-9)21(18,19)15-2-4-1-5(4)7(15)8(16)17/h3-5,7H,1-2H2,(H,16,17)/t4-,5-,7+/m1/s1. The predicted octanol–water partition coefficient (Wildman–Crippen LogP) is 1.26. The normalized spacial score (nSPS) is 29.4. The van der Waals surface area contributed by atoms with Gasteiger partial charge in [-0.2, -0.15) is 17.5 Å². The van der Waals surface area contributed by atoms with E-state index in [0.29, 0.717) is 6.42 Å². The van der Waals surface area contributed by atoms with Crippen LogP contribution in [0.2, 0.25) is 0 Å². The van der Waals surface area contributed by atoms with Crippen LogP contribution in [-0.2, 0) is 21.0 Å². The molecule has 2 fully saturated rings. The van der Waals surface area contributed by atoms with Gasteiger partial charge in [0, 0.05) is 11.9 Å². The van der Waals surface area contributed by atoms with Crippen LogP contribution in [0.25, 0.3) is 0 Å². The van der Waals surface area contributed by atoms with E-state index in [2.05, 4.69) is 4.98 Å². The number of alkyl halides is 3. The number of rotatable bonds is 3. The Morgan fingerprint density at radius 2 is 2.14 bits per heavy atom. The van der Waals surface area contributed by atoms with Crippen molar-refractivity contribution in [3.8, 4) is 0 Å². The van der Waals surface area contributed by atoms with Crippen molar-refractivity contribution in [2.24, 2.45) is 11.8 Å². The van der Waals surface area contributed by atoms with Gasteiger partial charge in [-0.1, -0.05) is 0 Å². The molecule has 6 nitrogen and oxygen atoms in total. The molecule has 21 heavy (non-hydrogen) atoms. The molecule has 2 aliphatic rings. The lowest BCUT2D eigenvalue weighted by atomic mass is 10.2. The van der Waals surface area contributed by atoms with Gasteiger partial charge in [0.1, 0.15) is 6.04 Å². The van der Waals surface area contributed by atoms with Gasteiger partial charge in [0.25, 0.3) is 10.0 Å². The predicted molar refractivity (Wildman–Crippen MR) is 64.0 cm³/mol. The minimum absolute atomic E-state index is 0.0167. The zero-order valence-corrected chi connectivity index (χ0v) is 11.9. The SMILES string of the molecule is O=C(O)[C@@H]1[C@@H]2C[C@@H]2CN1S(=O)(=O)c1csc(C(F)(F)F)n1. The van der Waals surface area contributed by atoms with Crippen molar-refractivity contribution in [2.75, 3.05) is 6.54 Å². The zero-order chi connectivity index (χ0) is 15.6. The summed E-state index contributed by atoms with van der Waals surface area (Å²) >= 11 is 0.174. The summed E-state index contributed by atoms with van der Waals surface area (Å²) in [5.41, 5.74) is 0. The number of piperidine rings is 1. The van der Waals surface area contributed by atoms with Crippen molar-refractivity contribution < 1.29 is 31.5 Å². The number of hydrogen-bond acceptors (Lipinski definition) is 5. The number of hydrogen-bond donors (Lipinski definition) is 1. The second-order valence-electron chi connectivity index (χ2n) is 5.01. The Bertz CT molecular complexity index is 699. The summed E-state index contributed by atoms with van der Waals surface area (Å²) in [6.07, 6.45) is -4.09. The van der Waals surface area contributed by atoms with Gasteiger partial charge >= 0.3 is 12.1 Å². The van der Waals surface area contributed by atoms with Gasteiger partial charge in [0.15, 0.2) is 10.0 Å². The largest absolute Gasteiger partial charge is 0.480 e. The molecule has 1 aliphatic carbocycles. The highest BCUT2D eigenvalue weighted by Crippen LogP contribution is 2.51. The van der Waals surface area contributed by atoms with Crippen LogP contribution in [0.4, 0.5) is 13.2 Å². The van der Waals surface area contributed by atoms with Crippen LogP contribution < -0.4 is 0 Å². The third kappa shape index (κ3) is 2.32. The molecule has 0 spiro atoms. The second kappa shape index (κ2) is 4.40. The van der Waals surface area contributed by atoms with Crippen molar-refractivity contribution in [3.63, 3.8) is 0 Å². The van der Waals surface area contributed by atoms with E-state index >= 15 is 0 Å². The summed E-state index contributed by atoms with van der Waals surface area (Å²) in [7, 11) is -4.32. The van der Waals surface area contributed by atoms with Crippen LogP contribution in [0.1, 0.15) is 11.4 Å². The fourth-order valence-electron chi connectivity index (χ4n) is 2.61. The lowest BCUT2D eigenvalue weighted by Crippen LogP contribution is -2.43. The van der Waals surface area contributed by atoms with Crippen molar-refractivity contribution in [1.29, 1.82) is 0 Å². The van der Waals surface area contributed by atoms with Crippen LogP contribution in [0, 0.1) is 11.8 Å². The summed E-state index contributed by atoms with van der Waals surface area (Å²) in [4.78, 5) is 14.3. The Kier molecular flexibility index (Phi) is 3.08. The van der Waals surface area contributed by atoms with Gasteiger partial charge in [-0.05, 0) is 18.3 Å². The first-order valence-electron chi connectivity index (χ1n) is 5.89. The fraction of sp³-hybridized carbons (Fsp3) is 0.600. The molecule has 116 valence electrons. The van der Waals surface area contributed by atoms with Crippen molar-refractivity contribution in [2.45, 2.75) is 23.7 Å². The third-order valence-electron chi connectivity index (χ3n) is 3.66. The van der Waals surface area contributed by atoms with E-state index in [9.17, 15) is 26.4 Å². The van der Waals surface area contributed by atoms with E-state index in [1.54, 1.807) is 0 Å². The Morgan fingerprint density at radius 1 is 1.48 bits per heavy atom. The molecule has 1 aromatic rings. The fourth-order valence-corrected chi connectivity index (χ4v) is 5.23. The van der Waals surface area contributed by atoms with Crippen molar-refractivity contribution >= 4 is 27.3 Å². The molecule has 11 heteroatoms. The number of aromatic nitrogens is 1. The minimum Gasteiger partial charge on any atom is -0.480 e. The van der Waals surface area contributed by atoms with Crippen LogP contribution in [0.3, 0.4) is 0 Å². The van der Waals surface area contributed by atoms with Crippen molar-refractivity contribution in [3.05, 3.63) is 10.4 Å². The second-order valence-corrected chi connectivity index (χ2v) is 7.70. The molecule has 0 bridgehead atoms. The number of carboxylic acid groups (broad SMARTS) is 1. The van der Waals surface area contributed by atoms with Crippen molar-refractivity contribution in [1.82, 2.24) is 9.29 Å². The van der Waals surface area contributed by atoms with Gasteiger partial charge < -0.3 is 5.11 Å². The zero-order valence-electron chi connectivity index (χ0n) is 10.2. The van der Waals surface area contributed by atoms with E-state index in [1.165, 1.54) is 0 Å². The van der Waals surface area contributed by atoms with Crippen LogP contribution in [0.15, 0.2) is 10.4 Å². The first-order chi connectivity index (χ1) is 9.62. The molecule has 1 N–H and O–H groups in total. The highest BCUT2D eigenvalue weighted by atomic mass is 32.2. The van der Waals surface area contributed by atoms with Gasteiger partial charge in [0.05, 0.1) is 0 Å². The average molecular weight is 342 g/mol. The molecular weight excluding hydrogens is 333 g/mol. The Balaban J connectivity index is 1.94. The molecule has 1 aliphatic heterocycles. The molecule has 3 rings (SSSR count). The van der Waals surface area contributed by atoms with E-state index in [0.717, 1.165) is 9.69 Å². The molecular formula is C10H9F3N2O4S2. The number of carbonyl (C=O) groups is 1. The van der Waals surface area contributed by atoms with Crippen LogP contribution in [0.5, 0.6) is 0 Å². The number of fused-ring (bicyclic) bond motifs is 1. The van der Waals surface area contributed by atoms with Gasteiger partial charge in [0.2, 0.25) is 0 Å². The third-order valence-corrected chi connectivity index (χ3v) is 6.43. The first-order valence-corrected chi connectivity index (χ1v) is 8.21. The minimum atomic E-state index is -4.72. The molecule has 0 radical (unpaired) electrons. The average Bonchev–Trinajstić information content (AvgIpc) is 2.81.